The molecule has 1 saturated heterocycles. The molecule has 0 N–H and O–H groups in total. The molecule has 1 fully saturated rings. The number of benzene rings is 1. The number of piperidine rings is 1. The lowest BCUT2D eigenvalue weighted by molar-refractivity contribution is 0.0682. The van der Waals surface area contributed by atoms with E-state index in [2.05, 4.69) is 22.7 Å². The van der Waals surface area contributed by atoms with Gasteiger partial charge < -0.3 is 14.2 Å². The average Bonchev–Trinajstić information content (AvgIpc) is 3.10. The van der Waals surface area contributed by atoms with Crippen LogP contribution in [0.3, 0.4) is 0 Å². The summed E-state index contributed by atoms with van der Waals surface area (Å²) in [7, 11) is 0. The van der Waals surface area contributed by atoms with Crippen LogP contribution in [0, 0.1) is 5.92 Å². The number of ether oxygens (including phenoxy) is 1. The van der Waals surface area contributed by atoms with E-state index in [1.165, 1.54) is 0 Å². The number of rotatable bonds is 6. The van der Waals surface area contributed by atoms with Gasteiger partial charge in [0.25, 0.3) is 5.91 Å². The second-order valence-corrected chi connectivity index (χ2v) is 6.54. The van der Waals surface area contributed by atoms with Crippen LogP contribution in [0.25, 0.3) is 0 Å². The van der Waals surface area contributed by atoms with Gasteiger partial charge >= 0.3 is 0 Å². The van der Waals surface area contributed by atoms with Gasteiger partial charge in [-0.25, -0.2) is 4.98 Å². The zero-order valence-corrected chi connectivity index (χ0v) is 15.1. The SMILES string of the molecule is CCOc1ccc(C(=O)N2CCC(Cn3ccnc3CC)CC2)cc1. The smallest absolute Gasteiger partial charge is 0.253 e. The van der Waals surface area contributed by atoms with Crippen molar-refractivity contribution in [2.45, 2.75) is 39.7 Å². The van der Waals surface area contributed by atoms with Gasteiger partial charge in [-0.2, -0.15) is 0 Å². The Kier molecular flexibility index (Phi) is 5.74. The van der Waals surface area contributed by atoms with Crippen molar-refractivity contribution in [3.8, 4) is 5.75 Å². The van der Waals surface area contributed by atoms with E-state index in [-0.39, 0.29) is 5.91 Å². The molecule has 0 radical (unpaired) electrons. The highest BCUT2D eigenvalue weighted by Crippen LogP contribution is 2.22. The Morgan fingerprint density at radius 1 is 1.20 bits per heavy atom. The van der Waals surface area contributed by atoms with Crippen molar-refractivity contribution in [3.63, 3.8) is 0 Å². The first-order valence-electron chi connectivity index (χ1n) is 9.23. The van der Waals surface area contributed by atoms with Crippen LogP contribution in [-0.2, 0) is 13.0 Å². The summed E-state index contributed by atoms with van der Waals surface area (Å²) in [5, 5.41) is 0. The highest BCUT2D eigenvalue weighted by molar-refractivity contribution is 5.94. The highest BCUT2D eigenvalue weighted by atomic mass is 16.5. The lowest BCUT2D eigenvalue weighted by atomic mass is 9.96. The van der Waals surface area contributed by atoms with Gasteiger partial charge in [0, 0.05) is 44.0 Å². The van der Waals surface area contributed by atoms with Gasteiger partial charge in [0.2, 0.25) is 0 Å². The van der Waals surface area contributed by atoms with E-state index in [0.717, 1.165) is 56.0 Å². The maximum Gasteiger partial charge on any atom is 0.253 e. The van der Waals surface area contributed by atoms with Crippen molar-refractivity contribution in [3.05, 3.63) is 48.0 Å². The number of amides is 1. The van der Waals surface area contributed by atoms with Crippen LogP contribution in [0.1, 0.15) is 42.9 Å². The molecule has 0 spiro atoms. The number of likely N-dealkylation sites (tertiary alicyclic amines) is 1. The van der Waals surface area contributed by atoms with Crippen LogP contribution < -0.4 is 4.74 Å². The Morgan fingerprint density at radius 2 is 1.92 bits per heavy atom. The molecule has 1 aromatic heterocycles. The Balaban J connectivity index is 1.53. The lowest BCUT2D eigenvalue weighted by Gasteiger charge is -2.32. The maximum absolute atomic E-state index is 12.7. The topological polar surface area (TPSA) is 47.4 Å². The molecule has 0 bridgehead atoms. The van der Waals surface area contributed by atoms with E-state index in [1.54, 1.807) is 0 Å². The van der Waals surface area contributed by atoms with Gasteiger partial charge in [0.15, 0.2) is 0 Å². The number of hydrogen-bond acceptors (Lipinski definition) is 3. The quantitative estimate of drug-likeness (QED) is 0.809. The summed E-state index contributed by atoms with van der Waals surface area (Å²) in [6.45, 7) is 7.39. The molecule has 25 heavy (non-hydrogen) atoms. The summed E-state index contributed by atoms with van der Waals surface area (Å²) in [5.74, 6) is 2.69. The van der Waals surface area contributed by atoms with Gasteiger partial charge in [0.1, 0.15) is 11.6 Å². The van der Waals surface area contributed by atoms with Gasteiger partial charge in [-0.15, -0.1) is 0 Å². The van der Waals surface area contributed by atoms with Gasteiger partial charge in [-0.05, 0) is 49.9 Å². The Hall–Kier alpha value is -2.30. The molecule has 5 heteroatoms. The summed E-state index contributed by atoms with van der Waals surface area (Å²) >= 11 is 0. The van der Waals surface area contributed by atoms with Crippen LogP contribution in [0.5, 0.6) is 5.75 Å². The molecule has 2 aromatic rings. The number of imidazole rings is 1. The van der Waals surface area contributed by atoms with Gasteiger partial charge in [0.05, 0.1) is 6.61 Å². The zero-order chi connectivity index (χ0) is 17.6. The normalized spacial score (nSPS) is 15.4. The van der Waals surface area contributed by atoms with Crippen LogP contribution in [0.2, 0.25) is 0 Å². The second-order valence-electron chi connectivity index (χ2n) is 6.54. The molecule has 0 unspecified atom stereocenters. The molecule has 5 nitrogen and oxygen atoms in total. The standard InChI is InChI=1S/C20H27N3O2/c1-3-19-21-11-14-23(19)15-16-9-12-22(13-10-16)20(24)17-5-7-18(8-6-17)25-4-2/h5-8,11,14,16H,3-4,9-10,12-13,15H2,1-2H3. The fourth-order valence-electron chi connectivity index (χ4n) is 3.46. The average molecular weight is 341 g/mol. The van der Waals surface area contributed by atoms with Crippen LogP contribution in [0.4, 0.5) is 0 Å². The van der Waals surface area contributed by atoms with Crippen LogP contribution in [0.15, 0.2) is 36.7 Å². The summed E-state index contributed by atoms with van der Waals surface area (Å²) in [6, 6.07) is 7.46. The molecule has 1 amide bonds. The van der Waals surface area contributed by atoms with Crippen LogP contribution in [-0.4, -0.2) is 40.1 Å². The number of aromatic nitrogens is 2. The van der Waals surface area contributed by atoms with E-state index in [4.69, 9.17) is 4.74 Å². The van der Waals surface area contributed by atoms with E-state index in [1.807, 2.05) is 42.3 Å². The van der Waals surface area contributed by atoms with E-state index in [9.17, 15) is 4.79 Å². The van der Waals surface area contributed by atoms with Crippen molar-refractivity contribution in [1.29, 1.82) is 0 Å². The molecule has 134 valence electrons. The third kappa shape index (κ3) is 4.21. The second kappa shape index (κ2) is 8.19. The molecule has 1 aromatic carbocycles. The molecule has 2 heterocycles. The van der Waals surface area contributed by atoms with E-state index >= 15 is 0 Å². The zero-order valence-electron chi connectivity index (χ0n) is 15.1. The minimum absolute atomic E-state index is 0.123. The Labute approximate surface area is 149 Å². The molecular formula is C20H27N3O2. The maximum atomic E-state index is 12.7. The minimum Gasteiger partial charge on any atom is -0.494 e. The van der Waals surface area contributed by atoms with E-state index < -0.39 is 0 Å². The summed E-state index contributed by atoms with van der Waals surface area (Å²) in [6.07, 6.45) is 7.00. The first-order chi connectivity index (χ1) is 12.2. The number of aryl methyl sites for hydroxylation is 1. The third-order valence-corrected chi connectivity index (χ3v) is 4.89. The van der Waals surface area contributed by atoms with Gasteiger partial charge in [-0.3, -0.25) is 4.79 Å². The molecule has 0 aliphatic carbocycles. The van der Waals surface area contributed by atoms with Gasteiger partial charge in [-0.1, -0.05) is 6.92 Å². The summed E-state index contributed by atoms with van der Waals surface area (Å²) in [4.78, 5) is 19.0. The fraction of sp³-hybridized carbons (Fsp3) is 0.500. The highest BCUT2D eigenvalue weighted by Gasteiger charge is 2.24. The number of carbonyl (C=O) groups is 1. The first kappa shape index (κ1) is 17.5. The Bertz CT molecular complexity index is 685. The molecule has 1 aliphatic rings. The fourth-order valence-corrected chi connectivity index (χ4v) is 3.46. The van der Waals surface area contributed by atoms with Crippen molar-refractivity contribution < 1.29 is 9.53 Å². The summed E-state index contributed by atoms with van der Waals surface area (Å²) in [5.41, 5.74) is 0.741. The monoisotopic (exact) mass is 341 g/mol. The predicted octanol–water partition coefficient (Wildman–Crippen LogP) is 3.40. The third-order valence-electron chi connectivity index (χ3n) is 4.89. The van der Waals surface area contributed by atoms with Crippen molar-refractivity contribution in [2.75, 3.05) is 19.7 Å². The largest absolute Gasteiger partial charge is 0.494 e. The molecule has 0 atom stereocenters. The summed E-state index contributed by atoms with van der Waals surface area (Å²) < 4.78 is 7.70. The number of nitrogens with zero attached hydrogens (tertiary/aromatic N) is 3. The molecule has 1 aliphatic heterocycles. The molecular weight excluding hydrogens is 314 g/mol. The first-order valence-corrected chi connectivity index (χ1v) is 9.23. The lowest BCUT2D eigenvalue weighted by Crippen LogP contribution is -2.39. The minimum atomic E-state index is 0.123. The van der Waals surface area contributed by atoms with Crippen molar-refractivity contribution in [1.82, 2.24) is 14.5 Å². The van der Waals surface area contributed by atoms with Crippen molar-refractivity contribution >= 4 is 5.91 Å². The Morgan fingerprint density at radius 3 is 2.56 bits per heavy atom. The molecule has 3 rings (SSSR count). The number of hydrogen-bond donors (Lipinski definition) is 0. The molecule has 0 saturated carbocycles. The number of carbonyl (C=O) groups excluding carboxylic acids is 1. The van der Waals surface area contributed by atoms with Crippen molar-refractivity contribution in [2.24, 2.45) is 5.92 Å². The predicted molar refractivity (Wildman–Crippen MR) is 97.8 cm³/mol. The van der Waals surface area contributed by atoms with E-state index in [0.29, 0.717) is 12.5 Å². The van der Waals surface area contributed by atoms with Crippen LogP contribution >= 0.6 is 0 Å².